The van der Waals surface area contributed by atoms with Gasteiger partial charge in [-0.15, -0.1) is 0 Å². The third-order valence-electron chi connectivity index (χ3n) is 7.28. The standard InChI is InChI=1S/C25H28FN7O3/c1-27-22-10-19(30-24-15(11-29-33(22)24)25(34)31-18-5-6-21(18)35-2)16-12-32(20-7-9-36-13-17(20)26)23-14(16)4-3-8-28-23/h3-4,8,10-12,17-18,20-21,27H,5-7,9,13H2,1-2H3,(H,31,34)/t17-,18?,20-,21+/m0/s1. The molecule has 2 fully saturated rings. The van der Waals surface area contributed by atoms with E-state index >= 15 is 0 Å². The quantitative estimate of drug-likeness (QED) is 0.425. The van der Waals surface area contributed by atoms with Crippen LogP contribution in [-0.2, 0) is 9.47 Å². The molecule has 11 heteroatoms. The number of nitrogens with one attached hydrogen (secondary N) is 2. The van der Waals surface area contributed by atoms with E-state index in [2.05, 4.69) is 20.7 Å². The Bertz CT molecular complexity index is 1430. The molecule has 10 nitrogen and oxygen atoms in total. The van der Waals surface area contributed by atoms with Crippen molar-refractivity contribution in [3.8, 4) is 11.3 Å². The molecule has 1 saturated heterocycles. The topological polar surface area (TPSA) is 108 Å². The number of rotatable bonds is 6. The zero-order valence-electron chi connectivity index (χ0n) is 20.1. The molecule has 1 aliphatic heterocycles. The molecule has 4 aromatic rings. The number of halogens is 1. The van der Waals surface area contributed by atoms with Crippen molar-refractivity contribution in [2.24, 2.45) is 0 Å². The van der Waals surface area contributed by atoms with E-state index < -0.39 is 6.17 Å². The number of ether oxygens (including phenoxy) is 2. The van der Waals surface area contributed by atoms with Crippen LogP contribution in [0, 0.1) is 0 Å². The number of carbonyl (C=O) groups is 1. The summed E-state index contributed by atoms with van der Waals surface area (Å²) >= 11 is 0. The van der Waals surface area contributed by atoms with Crippen LogP contribution in [0.5, 0.6) is 0 Å². The van der Waals surface area contributed by atoms with Crippen molar-refractivity contribution in [1.82, 2.24) is 29.5 Å². The molecule has 2 N–H and O–H groups in total. The van der Waals surface area contributed by atoms with E-state index in [9.17, 15) is 9.18 Å². The average molecular weight is 494 g/mol. The Balaban J connectivity index is 1.45. The minimum Gasteiger partial charge on any atom is -0.379 e. The molecule has 36 heavy (non-hydrogen) atoms. The molecule has 5 heterocycles. The van der Waals surface area contributed by atoms with Gasteiger partial charge in [0.1, 0.15) is 23.2 Å². The molecule has 1 aliphatic carbocycles. The molecular weight excluding hydrogens is 465 g/mol. The van der Waals surface area contributed by atoms with Gasteiger partial charge in [-0.3, -0.25) is 4.79 Å². The minimum absolute atomic E-state index is 0.0234. The summed E-state index contributed by atoms with van der Waals surface area (Å²) in [7, 11) is 3.44. The largest absolute Gasteiger partial charge is 0.379 e. The smallest absolute Gasteiger partial charge is 0.257 e. The van der Waals surface area contributed by atoms with Gasteiger partial charge in [0.25, 0.3) is 5.91 Å². The number of nitrogens with zero attached hydrogens (tertiary/aromatic N) is 5. The summed E-state index contributed by atoms with van der Waals surface area (Å²) in [4.78, 5) is 22.6. The van der Waals surface area contributed by atoms with Gasteiger partial charge in [-0.25, -0.2) is 14.4 Å². The van der Waals surface area contributed by atoms with Gasteiger partial charge in [0.05, 0.1) is 36.7 Å². The molecule has 0 radical (unpaired) electrons. The average Bonchev–Trinajstić information content (AvgIpc) is 3.49. The molecule has 2 aliphatic rings. The first-order valence-corrected chi connectivity index (χ1v) is 12.2. The first-order chi connectivity index (χ1) is 17.6. The van der Waals surface area contributed by atoms with Gasteiger partial charge in [-0.2, -0.15) is 9.61 Å². The third kappa shape index (κ3) is 3.70. The molecule has 1 amide bonds. The second-order valence-electron chi connectivity index (χ2n) is 9.27. The van der Waals surface area contributed by atoms with Gasteiger partial charge >= 0.3 is 0 Å². The lowest BCUT2D eigenvalue weighted by Crippen LogP contribution is -2.51. The minimum atomic E-state index is -1.12. The second-order valence-corrected chi connectivity index (χ2v) is 9.27. The number of alkyl halides is 1. The summed E-state index contributed by atoms with van der Waals surface area (Å²) in [6.45, 7) is 0.570. The van der Waals surface area contributed by atoms with Crippen molar-refractivity contribution in [3.05, 3.63) is 42.4 Å². The van der Waals surface area contributed by atoms with Crippen molar-refractivity contribution in [3.63, 3.8) is 0 Å². The fourth-order valence-electron chi connectivity index (χ4n) is 5.15. The third-order valence-corrected chi connectivity index (χ3v) is 7.28. The van der Waals surface area contributed by atoms with Gasteiger partial charge < -0.3 is 24.7 Å². The fourth-order valence-corrected chi connectivity index (χ4v) is 5.15. The highest BCUT2D eigenvalue weighted by atomic mass is 19.1. The first-order valence-electron chi connectivity index (χ1n) is 12.2. The first kappa shape index (κ1) is 22.9. The molecule has 0 spiro atoms. The highest BCUT2D eigenvalue weighted by Crippen LogP contribution is 2.35. The van der Waals surface area contributed by atoms with E-state index in [-0.39, 0.29) is 30.7 Å². The Morgan fingerprint density at radius 3 is 2.92 bits per heavy atom. The van der Waals surface area contributed by atoms with Crippen molar-refractivity contribution in [2.75, 3.05) is 32.7 Å². The lowest BCUT2D eigenvalue weighted by atomic mass is 9.89. The van der Waals surface area contributed by atoms with Crippen LogP contribution in [0.4, 0.5) is 10.2 Å². The normalized spacial score (nSPS) is 24.1. The predicted molar refractivity (Wildman–Crippen MR) is 132 cm³/mol. The Hall–Kier alpha value is -3.57. The second kappa shape index (κ2) is 9.14. The lowest BCUT2D eigenvalue weighted by molar-refractivity contribution is 0.00443. The number of amides is 1. The Morgan fingerprint density at radius 1 is 1.28 bits per heavy atom. The zero-order valence-corrected chi connectivity index (χ0v) is 20.1. The van der Waals surface area contributed by atoms with E-state index in [4.69, 9.17) is 14.5 Å². The van der Waals surface area contributed by atoms with Crippen LogP contribution in [0.1, 0.15) is 35.7 Å². The van der Waals surface area contributed by atoms with E-state index in [1.807, 2.05) is 29.0 Å². The highest BCUT2D eigenvalue weighted by Gasteiger charge is 2.33. The summed E-state index contributed by atoms with van der Waals surface area (Å²) < 4.78 is 29.1. The summed E-state index contributed by atoms with van der Waals surface area (Å²) in [6, 6.07) is 5.29. The number of anilines is 1. The zero-order chi connectivity index (χ0) is 24.8. The molecule has 0 bridgehead atoms. The van der Waals surface area contributed by atoms with E-state index in [1.165, 1.54) is 6.20 Å². The summed E-state index contributed by atoms with van der Waals surface area (Å²) in [5, 5.41) is 11.5. The number of hydrogen-bond acceptors (Lipinski definition) is 7. The van der Waals surface area contributed by atoms with Crippen LogP contribution in [0.3, 0.4) is 0 Å². The molecular formula is C25H28FN7O3. The molecule has 188 valence electrons. The number of pyridine rings is 1. The Morgan fingerprint density at radius 2 is 2.17 bits per heavy atom. The maximum Gasteiger partial charge on any atom is 0.257 e. The lowest BCUT2D eigenvalue weighted by Gasteiger charge is -2.35. The van der Waals surface area contributed by atoms with Crippen LogP contribution < -0.4 is 10.6 Å². The number of hydrogen-bond donors (Lipinski definition) is 2. The highest BCUT2D eigenvalue weighted by molar-refractivity contribution is 6.01. The van der Waals surface area contributed by atoms with E-state index in [1.54, 1.807) is 24.9 Å². The molecule has 1 unspecified atom stereocenters. The SMILES string of the molecule is CNc1cc(-c2cn([C@H]3CCOC[C@@H]3F)c3ncccc23)nc2c(C(=O)NC3CC[C@H]3OC)cnn12. The fraction of sp³-hybridized carbons (Fsp3) is 0.440. The van der Waals surface area contributed by atoms with Crippen LogP contribution >= 0.6 is 0 Å². The molecule has 4 atom stereocenters. The molecule has 4 aromatic heterocycles. The van der Waals surface area contributed by atoms with E-state index in [0.717, 1.165) is 23.8 Å². The van der Waals surface area contributed by atoms with Gasteiger partial charge in [-0.1, -0.05) is 0 Å². The van der Waals surface area contributed by atoms with Gasteiger partial charge in [0.15, 0.2) is 5.65 Å². The van der Waals surface area contributed by atoms with Crippen LogP contribution in [0.15, 0.2) is 36.8 Å². The van der Waals surface area contributed by atoms with Crippen molar-refractivity contribution < 1.29 is 18.7 Å². The predicted octanol–water partition coefficient (Wildman–Crippen LogP) is 2.99. The maximum atomic E-state index is 14.8. The van der Waals surface area contributed by atoms with Crippen molar-refractivity contribution in [2.45, 2.75) is 43.6 Å². The number of fused-ring (bicyclic) bond motifs is 2. The molecule has 1 saturated carbocycles. The van der Waals surface area contributed by atoms with Crippen molar-refractivity contribution in [1.29, 1.82) is 0 Å². The number of aromatic nitrogens is 5. The van der Waals surface area contributed by atoms with Gasteiger partial charge in [0.2, 0.25) is 0 Å². The Kier molecular flexibility index (Phi) is 5.81. The maximum absolute atomic E-state index is 14.8. The van der Waals surface area contributed by atoms with Crippen LogP contribution in [0.25, 0.3) is 27.9 Å². The van der Waals surface area contributed by atoms with Gasteiger partial charge in [-0.05, 0) is 31.4 Å². The number of methoxy groups -OCH3 is 1. The number of carbonyl (C=O) groups excluding carboxylic acids is 1. The summed E-state index contributed by atoms with van der Waals surface area (Å²) in [5.41, 5.74) is 2.95. The van der Waals surface area contributed by atoms with Crippen LogP contribution in [-0.4, -0.2) is 75.7 Å². The monoisotopic (exact) mass is 493 g/mol. The summed E-state index contributed by atoms with van der Waals surface area (Å²) in [5.74, 6) is 0.432. The summed E-state index contributed by atoms with van der Waals surface area (Å²) in [6.07, 6.45) is 6.40. The van der Waals surface area contributed by atoms with Crippen LogP contribution in [0.2, 0.25) is 0 Å². The van der Waals surface area contributed by atoms with Crippen molar-refractivity contribution >= 4 is 28.4 Å². The van der Waals surface area contributed by atoms with E-state index in [0.29, 0.717) is 41.4 Å². The Labute approximate surface area is 206 Å². The molecule has 6 rings (SSSR count). The molecule has 0 aromatic carbocycles. The van der Waals surface area contributed by atoms with Gasteiger partial charge in [0, 0.05) is 50.2 Å².